The van der Waals surface area contributed by atoms with Crippen molar-refractivity contribution in [1.82, 2.24) is 5.43 Å². The number of primary amides is 1. The summed E-state index contributed by atoms with van der Waals surface area (Å²) in [5.41, 5.74) is 8.20. The van der Waals surface area contributed by atoms with Crippen molar-refractivity contribution in [2.75, 3.05) is 0 Å². The second-order valence-corrected chi connectivity index (χ2v) is 3.99. The van der Waals surface area contributed by atoms with E-state index < -0.39 is 6.03 Å². The van der Waals surface area contributed by atoms with Gasteiger partial charge in [-0.15, -0.1) is 0 Å². The van der Waals surface area contributed by atoms with Gasteiger partial charge in [0.15, 0.2) is 0 Å². The summed E-state index contributed by atoms with van der Waals surface area (Å²) in [6.45, 7) is 1.83. The van der Waals surface area contributed by atoms with Gasteiger partial charge in [-0.05, 0) is 24.5 Å². The number of urea groups is 1. The molecule has 1 aliphatic carbocycles. The van der Waals surface area contributed by atoms with E-state index in [-0.39, 0.29) is 17.5 Å². The summed E-state index contributed by atoms with van der Waals surface area (Å²) >= 11 is 0. The lowest BCUT2D eigenvalue weighted by Gasteiger charge is -2.06. The van der Waals surface area contributed by atoms with E-state index >= 15 is 0 Å². The molecule has 0 saturated carbocycles. The number of phenols is 1. The zero-order valence-electron chi connectivity index (χ0n) is 9.20. The highest BCUT2D eigenvalue weighted by Crippen LogP contribution is 2.39. The molecule has 0 radical (unpaired) electrons. The van der Waals surface area contributed by atoms with Crippen molar-refractivity contribution in [1.29, 1.82) is 0 Å². The van der Waals surface area contributed by atoms with Crippen LogP contribution in [0.1, 0.15) is 30.4 Å². The second-order valence-electron chi connectivity index (χ2n) is 3.99. The highest BCUT2D eigenvalue weighted by atomic mass is 19.1. The number of aromatic hydroxyl groups is 1. The number of fused-ring (bicyclic) bond motifs is 1. The van der Waals surface area contributed by atoms with Crippen LogP contribution < -0.4 is 11.2 Å². The third-order valence-electron chi connectivity index (χ3n) is 2.75. The Balaban J connectivity index is 2.50. The number of hydrogen-bond donors (Lipinski definition) is 3. The van der Waals surface area contributed by atoms with Crippen LogP contribution in [-0.2, 0) is 0 Å². The zero-order chi connectivity index (χ0) is 12.6. The number of rotatable bonds is 1. The molecule has 90 valence electrons. The van der Waals surface area contributed by atoms with E-state index in [9.17, 15) is 14.3 Å². The molecule has 1 atom stereocenters. The van der Waals surface area contributed by atoms with Crippen LogP contribution in [0.2, 0.25) is 0 Å². The fourth-order valence-corrected chi connectivity index (χ4v) is 2.09. The van der Waals surface area contributed by atoms with Crippen LogP contribution in [0.25, 0.3) is 0 Å². The topological polar surface area (TPSA) is 87.7 Å². The fourth-order valence-electron chi connectivity index (χ4n) is 2.09. The van der Waals surface area contributed by atoms with Gasteiger partial charge in [-0.3, -0.25) is 0 Å². The Morgan fingerprint density at radius 3 is 3.00 bits per heavy atom. The Morgan fingerprint density at radius 1 is 1.65 bits per heavy atom. The summed E-state index contributed by atoms with van der Waals surface area (Å²) < 4.78 is 13.6. The number of benzene rings is 1. The molecule has 4 N–H and O–H groups in total. The maximum absolute atomic E-state index is 13.6. The highest BCUT2D eigenvalue weighted by molar-refractivity contribution is 6.07. The molecule has 0 bridgehead atoms. The molecule has 1 aromatic carbocycles. The molecule has 17 heavy (non-hydrogen) atoms. The Kier molecular flexibility index (Phi) is 2.71. The Hall–Kier alpha value is -2.11. The van der Waals surface area contributed by atoms with Crippen LogP contribution in [0.3, 0.4) is 0 Å². The van der Waals surface area contributed by atoms with Crippen LogP contribution in [0.4, 0.5) is 9.18 Å². The van der Waals surface area contributed by atoms with Crippen molar-refractivity contribution < 1.29 is 14.3 Å². The highest BCUT2D eigenvalue weighted by Gasteiger charge is 2.30. The van der Waals surface area contributed by atoms with E-state index in [2.05, 4.69) is 10.5 Å². The number of hydrogen-bond acceptors (Lipinski definition) is 3. The van der Waals surface area contributed by atoms with Crippen LogP contribution in [0.15, 0.2) is 17.2 Å². The standard InChI is InChI=1S/C11H12FN3O2/c1-5-4-7(14-15-11(13)17)10-8(16)3-2-6(12)9(5)10/h2-3,5,16H,4H2,1H3,(H3,13,15,17)/b14-7+/t5-/m0/s1. The number of amides is 2. The van der Waals surface area contributed by atoms with Crippen LogP contribution in [0.5, 0.6) is 5.75 Å². The van der Waals surface area contributed by atoms with E-state index in [1.165, 1.54) is 12.1 Å². The number of nitrogens with two attached hydrogens (primary N) is 1. The maximum atomic E-state index is 13.6. The molecule has 0 spiro atoms. The van der Waals surface area contributed by atoms with Gasteiger partial charge in [0.2, 0.25) is 0 Å². The predicted octanol–water partition coefficient (Wildman–Crippen LogP) is 1.41. The molecule has 6 heteroatoms. The summed E-state index contributed by atoms with van der Waals surface area (Å²) in [5, 5.41) is 13.5. The molecule has 2 rings (SSSR count). The van der Waals surface area contributed by atoms with Crippen molar-refractivity contribution in [3.63, 3.8) is 0 Å². The van der Waals surface area contributed by atoms with Gasteiger partial charge >= 0.3 is 6.03 Å². The molecule has 1 aliphatic rings. The molecule has 2 amide bonds. The molecule has 0 unspecified atom stereocenters. The molecule has 0 heterocycles. The second kappa shape index (κ2) is 4.04. The molecule has 1 aromatic rings. The quantitative estimate of drug-likeness (QED) is 0.645. The number of nitrogens with zero attached hydrogens (tertiary/aromatic N) is 1. The van der Waals surface area contributed by atoms with Gasteiger partial charge in [-0.1, -0.05) is 6.92 Å². The molecular formula is C11H12FN3O2. The van der Waals surface area contributed by atoms with Gasteiger partial charge in [-0.2, -0.15) is 5.10 Å². The number of phenolic OH excluding ortho intramolecular Hbond substituents is 1. The Morgan fingerprint density at radius 2 is 2.35 bits per heavy atom. The van der Waals surface area contributed by atoms with Gasteiger partial charge in [-0.25, -0.2) is 14.6 Å². The third kappa shape index (κ3) is 1.93. The minimum atomic E-state index is -0.797. The summed E-state index contributed by atoms with van der Waals surface area (Å²) in [6, 6.07) is 1.69. The first-order valence-corrected chi connectivity index (χ1v) is 5.14. The first-order valence-electron chi connectivity index (χ1n) is 5.14. The van der Waals surface area contributed by atoms with Gasteiger partial charge in [0.1, 0.15) is 11.6 Å². The van der Waals surface area contributed by atoms with Crippen LogP contribution >= 0.6 is 0 Å². The van der Waals surface area contributed by atoms with E-state index in [0.29, 0.717) is 23.3 Å². The largest absolute Gasteiger partial charge is 0.507 e. The summed E-state index contributed by atoms with van der Waals surface area (Å²) in [5.74, 6) is -0.518. The minimum Gasteiger partial charge on any atom is -0.507 e. The Labute approximate surface area is 97.1 Å². The maximum Gasteiger partial charge on any atom is 0.332 e. The molecule has 5 nitrogen and oxygen atoms in total. The first kappa shape index (κ1) is 11.4. The van der Waals surface area contributed by atoms with Gasteiger partial charge in [0, 0.05) is 11.1 Å². The third-order valence-corrected chi connectivity index (χ3v) is 2.75. The summed E-state index contributed by atoms with van der Waals surface area (Å²) in [7, 11) is 0. The predicted molar refractivity (Wildman–Crippen MR) is 60.4 cm³/mol. The van der Waals surface area contributed by atoms with E-state index in [4.69, 9.17) is 5.73 Å². The minimum absolute atomic E-state index is 0.0456. The number of hydrazone groups is 1. The smallest absolute Gasteiger partial charge is 0.332 e. The zero-order valence-corrected chi connectivity index (χ0v) is 9.20. The average Bonchev–Trinajstić information content (AvgIpc) is 2.59. The van der Waals surface area contributed by atoms with Gasteiger partial charge < -0.3 is 10.8 Å². The molecule has 0 fully saturated rings. The molecule has 0 saturated heterocycles. The number of halogens is 1. The normalized spacial score (nSPS) is 20.4. The van der Waals surface area contributed by atoms with Gasteiger partial charge in [0.25, 0.3) is 0 Å². The fraction of sp³-hybridized carbons (Fsp3) is 0.273. The number of nitrogens with one attached hydrogen (secondary N) is 1. The first-order chi connectivity index (χ1) is 8.00. The van der Waals surface area contributed by atoms with E-state index in [0.717, 1.165) is 0 Å². The number of carbonyl (C=O) groups is 1. The molecular weight excluding hydrogens is 225 g/mol. The van der Waals surface area contributed by atoms with Crippen LogP contribution in [-0.4, -0.2) is 16.8 Å². The number of carbonyl (C=O) groups excluding carboxylic acids is 1. The van der Waals surface area contributed by atoms with Crippen molar-refractivity contribution >= 4 is 11.7 Å². The molecule has 0 aliphatic heterocycles. The van der Waals surface area contributed by atoms with Crippen molar-refractivity contribution in [3.05, 3.63) is 29.1 Å². The lowest BCUT2D eigenvalue weighted by Crippen LogP contribution is -2.25. The van der Waals surface area contributed by atoms with E-state index in [1.54, 1.807) is 0 Å². The molecule has 0 aromatic heterocycles. The van der Waals surface area contributed by atoms with Crippen molar-refractivity contribution in [3.8, 4) is 5.75 Å². The summed E-state index contributed by atoms with van der Waals surface area (Å²) in [6.07, 6.45) is 0.449. The van der Waals surface area contributed by atoms with Crippen molar-refractivity contribution in [2.24, 2.45) is 10.8 Å². The van der Waals surface area contributed by atoms with Crippen molar-refractivity contribution in [2.45, 2.75) is 19.3 Å². The monoisotopic (exact) mass is 237 g/mol. The average molecular weight is 237 g/mol. The lowest BCUT2D eigenvalue weighted by atomic mass is 10.0. The van der Waals surface area contributed by atoms with Crippen LogP contribution in [0, 0.1) is 5.82 Å². The van der Waals surface area contributed by atoms with E-state index in [1.807, 2.05) is 6.92 Å². The Bertz CT molecular complexity index is 514. The summed E-state index contributed by atoms with van der Waals surface area (Å²) in [4.78, 5) is 10.6. The SMILES string of the molecule is C[C@H]1C/C(=N\NC(N)=O)c2c(O)ccc(F)c21. The van der Waals surface area contributed by atoms with Gasteiger partial charge in [0.05, 0.1) is 5.71 Å². The lowest BCUT2D eigenvalue weighted by molar-refractivity contribution is 0.249.